The number of benzene rings is 1. The summed E-state index contributed by atoms with van der Waals surface area (Å²) in [5.74, 6) is 0. The minimum atomic E-state index is 0.757. The summed E-state index contributed by atoms with van der Waals surface area (Å²) in [4.78, 5) is 0. The average molecular weight is 221 g/mol. The first-order valence-electron chi connectivity index (χ1n) is 4.99. The van der Waals surface area contributed by atoms with Crippen LogP contribution in [0.1, 0.15) is 12.5 Å². The molecule has 2 aromatic rings. The highest BCUT2D eigenvalue weighted by Crippen LogP contribution is 2.23. The fraction of sp³-hybridized carbons (Fsp3) is 0.250. The van der Waals surface area contributed by atoms with Crippen molar-refractivity contribution in [2.45, 2.75) is 13.3 Å². The number of hydrogen-bond donors (Lipinski definition) is 0. The van der Waals surface area contributed by atoms with Crippen molar-refractivity contribution in [3.63, 3.8) is 0 Å². The lowest BCUT2D eigenvalue weighted by atomic mass is 10.1. The number of hydrogen-bond acceptors (Lipinski definition) is 1. The van der Waals surface area contributed by atoms with Crippen LogP contribution in [0.2, 0.25) is 5.02 Å². The highest BCUT2D eigenvalue weighted by molar-refractivity contribution is 6.30. The first-order valence-corrected chi connectivity index (χ1v) is 5.37. The summed E-state index contributed by atoms with van der Waals surface area (Å²) in [6.45, 7) is 2.14. The zero-order chi connectivity index (χ0) is 10.8. The fourth-order valence-corrected chi connectivity index (χ4v) is 1.77. The molecular formula is C12H13ClN2. The second-order valence-corrected chi connectivity index (χ2v) is 3.97. The quantitative estimate of drug-likeness (QED) is 0.760. The van der Waals surface area contributed by atoms with Crippen molar-refractivity contribution in [1.29, 1.82) is 0 Å². The van der Waals surface area contributed by atoms with Crippen LogP contribution >= 0.6 is 11.6 Å². The summed E-state index contributed by atoms with van der Waals surface area (Å²) in [6, 6.07) is 7.80. The van der Waals surface area contributed by atoms with E-state index < -0.39 is 0 Å². The van der Waals surface area contributed by atoms with Crippen LogP contribution in [-0.2, 0) is 13.5 Å². The highest BCUT2D eigenvalue weighted by atomic mass is 35.5. The molecule has 0 amide bonds. The third kappa shape index (κ3) is 2.05. The lowest BCUT2D eigenvalue weighted by molar-refractivity contribution is 0.770. The van der Waals surface area contributed by atoms with E-state index in [0.29, 0.717) is 0 Å². The van der Waals surface area contributed by atoms with Gasteiger partial charge in [-0.2, -0.15) is 5.10 Å². The second-order valence-electron chi connectivity index (χ2n) is 3.54. The maximum absolute atomic E-state index is 5.85. The molecule has 2 nitrogen and oxygen atoms in total. The van der Waals surface area contributed by atoms with E-state index in [-0.39, 0.29) is 0 Å². The van der Waals surface area contributed by atoms with Gasteiger partial charge in [-0.1, -0.05) is 30.7 Å². The molecule has 1 heterocycles. The van der Waals surface area contributed by atoms with Gasteiger partial charge in [0.05, 0.1) is 5.69 Å². The Morgan fingerprint density at radius 3 is 2.53 bits per heavy atom. The Hall–Kier alpha value is -1.28. The van der Waals surface area contributed by atoms with E-state index in [1.807, 2.05) is 36.0 Å². The van der Waals surface area contributed by atoms with Crippen molar-refractivity contribution in [2.24, 2.45) is 7.05 Å². The van der Waals surface area contributed by atoms with E-state index in [2.05, 4.69) is 18.2 Å². The van der Waals surface area contributed by atoms with Crippen LogP contribution in [0.3, 0.4) is 0 Å². The van der Waals surface area contributed by atoms with Gasteiger partial charge in [-0.25, -0.2) is 0 Å². The van der Waals surface area contributed by atoms with Gasteiger partial charge in [-0.3, -0.25) is 4.68 Å². The number of aromatic nitrogens is 2. The molecule has 1 aromatic carbocycles. The van der Waals surface area contributed by atoms with Crippen LogP contribution in [0.4, 0.5) is 0 Å². The maximum Gasteiger partial charge on any atom is 0.0954 e. The molecule has 0 unspecified atom stereocenters. The molecule has 0 aliphatic heterocycles. The van der Waals surface area contributed by atoms with Gasteiger partial charge >= 0.3 is 0 Å². The largest absolute Gasteiger partial charge is 0.275 e. The molecular weight excluding hydrogens is 208 g/mol. The first kappa shape index (κ1) is 10.2. The standard InChI is InChI=1S/C12H13ClN2/c1-3-9-8-15(2)14-12(9)10-4-6-11(13)7-5-10/h4-8H,3H2,1-2H3. The van der Waals surface area contributed by atoms with Crippen LogP contribution in [0.5, 0.6) is 0 Å². The van der Waals surface area contributed by atoms with Crippen molar-refractivity contribution in [1.82, 2.24) is 9.78 Å². The summed E-state index contributed by atoms with van der Waals surface area (Å²) in [6.07, 6.45) is 3.05. The third-order valence-electron chi connectivity index (χ3n) is 2.40. The highest BCUT2D eigenvalue weighted by Gasteiger charge is 2.07. The summed E-state index contributed by atoms with van der Waals surface area (Å²) in [5.41, 5.74) is 3.44. The van der Waals surface area contributed by atoms with Crippen LogP contribution in [0, 0.1) is 0 Å². The van der Waals surface area contributed by atoms with Gasteiger partial charge in [-0.05, 0) is 24.1 Å². The first-order chi connectivity index (χ1) is 7.20. The SMILES string of the molecule is CCc1cn(C)nc1-c1ccc(Cl)cc1. The predicted octanol–water partition coefficient (Wildman–Crippen LogP) is 3.30. The molecule has 0 fully saturated rings. The van der Waals surface area contributed by atoms with E-state index in [1.165, 1.54) is 5.56 Å². The molecule has 78 valence electrons. The smallest absolute Gasteiger partial charge is 0.0954 e. The molecule has 0 spiro atoms. The molecule has 1 aromatic heterocycles. The van der Waals surface area contributed by atoms with Crippen molar-refractivity contribution in [3.05, 3.63) is 41.0 Å². The zero-order valence-corrected chi connectivity index (χ0v) is 9.62. The van der Waals surface area contributed by atoms with Crippen molar-refractivity contribution in [2.75, 3.05) is 0 Å². The van der Waals surface area contributed by atoms with Crippen LogP contribution in [-0.4, -0.2) is 9.78 Å². The Labute approximate surface area is 94.5 Å². The van der Waals surface area contributed by atoms with Crippen LogP contribution < -0.4 is 0 Å². The molecule has 0 radical (unpaired) electrons. The molecule has 0 aliphatic rings. The van der Waals surface area contributed by atoms with Crippen LogP contribution in [0.15, 0.2) is 30.5 Å². The molecule has 15 heavy (non-hydrogen) atoms. The molecule has 0 saturated carbocycles. The number of rotatable bonds is 2. The number of halogens is 1. The van der Waals surface area contributed by atoms with E-state index in [0.717, 1.165) is 22.7 Å². The molecule has 0 saturated heterocycles. The average Bonchev–Trinajstić information content (AvgIpc) is 2.61. The topological polar surface area (TPSA) is 17.8 Å². The van der Waals surface area contributed by atoms with E-state index in [9.17, 15) is 0 Å². The lowest BCUT2D eigenvalue weighted by Crippen LogP contribution is -1.87. The fourth-order valence-electron chi connectivity index (χ4n) is 1.65. The minimum absolute atomic E-state index is 0.757. The zero-order valence-electron chi connectivity index (χ0n) is 8.87. The summed E-state index contributed by atoms with van der Waals surface area (Å²) in [5, 5.41) is 5.21. The van der Waals surface area contributed by atoms with Gasteiger partial charge in [0.25, 0.3) is 0 Å². The monoisotopic (exact) mass is 220 g/mol. The number of aryl methyl sites for hydroxylation is 2. The molecule has 3 heteroatoms. The van der Waals surface area contributed by atoms with Gasteiger partial charge in [0.2, 0.25) is 0 Å². The van der Waals surface area contributed by atoms with Gasteiger partial charge < -0.3 is 0 Å². The second kappa shape index (κ2) is 4.07. The van der Waals surface area contributed by atoms with E-state index in [1.54, 1.807) is 0 Å². The summed E-state index contributed by atoms with van der Waals surface area (Å²) in [7, 11) is 1.94. The third-order valence-corrected chi connectivity index (χ3v) is 2.66. The number of nitrogens with zero attached hydrogens (tertiary/aromatic N) is 2. The molecule has 0 N–H and O–H groups in total. The Kier molecular flexibility index (Phi) is 2.78. The Balaban J connectivity index is 2.48. The van der Waals surface area contributed by atoms with Crippen LogP contribution in [0.25, 0.3) is 11.3 Å². The summed E-state index contributed by atoms with van der Waals surface area (Å²) >= 11 is 5.85. The van der Waals surface area contributed by atoms with Gasteiger partial charge in [0.15, 0.2) is 0 Å². The normalized spacial score (nSPS) is 10.6. The molecule has 0 bridgehead atoms. The minimum Gasteiger partial charge on any atom is -0.275 e. The Bertz CT molecular complexity index is 457. The van der Waals surface area contributed by atoms with Crippen molar-refractivity contribution in [3.8, 4) is 11.3 Å². The lowest BCUT2D eigenvalue weighted by Gasteiger charge is -1.99. The molecule has 2 rings (SSSR count). The Morgan fingerprint density at radius 1 is 1.27 bits per heavy atom. The van der Waals surface area contributed by atoms with Gasteiger partial charge in [-0.15, -0.1) is 0 Å². The van der Waals surface area contributed by atoms with Crippen molar-refractivity contribution < 1.29 is 0 Å². The van der Waals surface area contributed by atoms with E-state index >= 15 is 0 Å². The summed E-state index contributed by atoms with van der Waals surface area (Å²) < 4.78 is 1.85. The molecule has 0 atom stereocenters. The van der Waals surface area contributed by atoms with Crippen molar-refractivity contribution >= 4 is 11.6 Å². The van der Waals surface area contributed by atoms with Gasteiger partial charge in [0.1, 0.15) is 0 Å². The van der Waals surface area contributed by atoms with Gasteiger partial charge in [0, 0.05) is 23.8 Å². The predicted molar refractivity (Wildman–Crippen MR) is 63.0 cm³/mol. The maximum atomic E-state index is 5.85. The van der Waals surface area contributed by atoms with E-state index in [4.69, 9.17) is 11.6 Å². The molecule has 0 aliphatic carbocycles. The Morgan fingerprint density at radius 2 is 1.93 bits per heavy atom.